The summed E-state index contributed by atoms with van der Waals surface area (Å²) in [6.45, 7) is 3.92. The predicted octanol–water partition coefficient (Wildman–Crippen LogP) is 0.506. The van der Waals surface area contributed by atoms with E-state index in [2.05, 4.69) is 12.2 Å². The van der Waals surface area contributed by atoms with Gasteiger partial charge in [0.25, 0.3) is 0 Å². The van der Waals surface area contributed by atoms with Crippen molar-refractivity contribution >= 4 is 0 Å². The SMILES string of the molecule is CC[C]1NCCO1. The zero-order valence-corrected chi connectivity index (χ0v) is 4.53. The lowest BCUT2D eigenvalue weighted by Gasteiger charge is -2.00. The third-order valence-corrected chi connectivity index (χ3v) is 1.02. The van der Waals surface area contributed by atoms with E-state index < -0.39 is 0 Å². The zero-order chi connectivity index (χ0) is 5.11. The van der Waals surface area contributed by atoms with Crippen LogP contribution < -0.4 is 5.32 Å². The van der Waals surface area contributed by atoms with Crippen molar-refractivity contribution in [3.63, 3.8) is 0 Å². The van der Waals surface area contributed by atoms with Gasteiger partial charge in [-0.05, 0) is 6.42 Å². The zero-order valence-electron chi connectivity index (χ0n) is 4.53. The van der Waals surface area contributed by atoms with Gasteiger partial charge in [-0.2, -0.15) is 0 Å². The highest BCUT2D eigenvalue weighted by Gasteiger charge is 2.11. The van der Waals surface area contributed by atoms with Crippen LogP contribution in [0, 0.1) is 6.23 Å². The minimum absolute atomic E-state index is 0.850. The van der Waals surface area contributed by atoms with Gasteiger partial charge < -0.3 is 4.74 Å². The first-order valence-electron chi connectivity index (χ1n) is 2.66. The van der Waals surface area contributed by atoms with Gasteiger partial charge in [-0.25, -0.2) is 0 Å². The van der Waals surface area contributed by atoms with Crippen molar-refractivity contribution < 1.29 is 4.74 Å². The predicted molar refractivity (Wildman–Crippen MR) is 27.5 cm³/mol. The van der Waals surface area contributed by atoms with E-state index in [-0.39, 0.29) is 0 Å². The second-order valence-electron chi connectivity index (χ2n) is 1.55. The fraction of sp³-hybridized carbons (Fsp3) is 0.800. The minimum Gasteiger partial charge on any atom is -0.355 e. The maximum absolute atomic E-state index is 5.11. The summed E-state index contributed by atoms with van der Waals surface area (Å²) in [5, 5.41) is 3.10. The van der Waals surface area contributed by atoms with Crippen molar-refractivity contribution in [2.75, 3.05) is 13.2 Å². The first-order valence-corrected chi connectivity index (χ1v) is 2.66. The maximum atomic E-state index is 5.11. The summed E-state index contributed by atoms with van der Waals surface area (Å²) in [6.07, 6.45) is 2.04. The lowest BCUT2D eigenvalue weighted by molar-refractivity contribution is 0.188. The average molecular weight is 100 g/mol. The molecule has 1 radical (unpaired) electrons. The van der Waals surface area contributed by atoms with Crippen LogP contribution in [0.1, 0.15) is 13.3 Å². The molecule has 1 heterocycles. The largest absolute Gasteiger partial charge is 0.355 e. The van der Waals surface area contributed by atoms with Crippen molar-refractivity contribution in [1.82, 2.24) is 5.32 Å². The van der Waals surface area contributed by atoms with Crippen LogP contribution in [0.4, 0.5) is 0 Å². The molecule has 0 atom stereocenters. The van der Waals surface area contributed by atoms with E-state index in [4.69, 9.17) is 4.74 Å². The molecule has 0 aromatic heterocycles. The Morgan fingerprint density at radius 1 is 1.86 bits per heavy atom. The molecule has 1 aliphatic rings. The van der Waals surface area contributed by atoms with Crippen LogP contribution in [0.5, 0.6) is 0 Å². The van der Waals surface area contributed by atoms with E-state index in [1.807, 2.05) is 0 Å². The highest BCUT2D eigenvalue weighted by Crippen LogP contribution is 2.06. The van der Waals surface area contributed by atoms with Gasteiger partial charge >= 0.3 is 0 Å². The molecule has 2 nitrogen and oxygen atoms in total. The molecule has 0 aliphatic carbocycles. The van der Waals surface area contributed by atoms with Gasteiger partial charge in [0.05, 0.1) is 6.61 Å². The van der Waals surface area contributed by atoms with Gasteiger partial charge in [0.1, 0.15) is 0 Å². The average Bonchev–Trinajstić information content (AvgIpc) is 2.14. The topological polar surface area (TPSA) is 21.3 Å². The molecule has 2 heteroatoms. The lowest BCUT2D eigenvalue weighted by atomic mass is 10.4. The number of ether oxygens (including phenoxy) is 1. The summed E-state index contributed by atoms with van der Waals surface area (Å²) in [5.74, 6) is 0. The summed E-state index contributed by atoms with van der Waals surface area (Å²) < 4.78 is 5.11. The Kier molecular flexibility index (Phi) is 1.65. The number of nitrogens with one attached hydrogen (secondary N) is 1. The van der Waals surface area contributed by atoms with Gasteiger partial charge in [0, 0.05) is 6.54 Å². The monoisotopic (exact) mass is 100 g/mol. The second kappa shape index (κ2) is 2.28. The fourth-order valence-electron chi connectivity index (χ4n) is 0.643. The molecular weight excluding hydrogens is 90.1 g/mol. The smallest absolute Gasteiger partial charge is 0.161 e. The summed E-state index contributed by atoms with van der Waals surface area (Å²) in [7, 11) is 0. The van der Waals surface area contributed by atoms with Gasteiger partial charge in [0.15, 0.2) is 6.23 Å². The standard InChI is InChI=1S/C5H10NO/c1-2-5-6-3-4-7-5/h6H,2-4H2,1H3. The van der Waals surface area contributed by atoms with Crippen molar-refractivity contribution in [2.45, 2.75) is 13.3 Å². The number of rotatable bonds is 1. The summed E-state index contributed by atoms with van der Waals surface area (Å²) in [4.78, 5) is 0. The quantitative estimate of drug-likeness (QED) is 0.518. The van der Waals surface area contributed by atoms with E-state index >= 15 is 0 Å². The van der Waals surface area contributed by atoms with E-state index in [1.54, 1.807) is 0 Å². The third kappa shape index (κ3) is 1.14. The van der Waals surface area contributed by atoms with Crippen LogP contribution >= 0.6 is 0 Å². The molecule has 0 amide bonds. The van der Waals surface area contributed by atoms with Crippen molar-refractivity contribution in [2.24, 2.45) is 0 Å². The Morgan fingerprint density at radius 3 is 3.00 bits per heavy atom. The molecule has 0 spiro atoms. The number of hydrogen-bond acceptors (Lipinski definition) is 2. The lowest BCUT2D eigenvalue weighted by Crippen LogP contribution is -2.11. The summed E-state index contributed by atoms with van der Waals surface area (Å²) in [5.41, 5.74) is 0. The molecule has 0 bridgehead atoms. The van der Waals surface area contributed by atoms with Gasteiger partial charge in [-0.3, -0.25) is 5.32 Å². The van der Waals surface area contributed by atoms with E-state index in [0.29, 0.717) is 0 Å². The van der Waals surface area contributed by atoms with Crippen molar-refractivity contribution in [3.8, 4) is 0 Å². The molecule has 1 saturated heterocycles. The van der Waals surface area contributed by atoms with Crippen LogP contribution in [0.15, 0.2) is 0 Å². The first-order chi connectivity index (χ1) is 3.43. The Morgan fingerprint density at radius 2 is 2.71 bits per heavy atom. The van der Waals surface area contributed by atoms with Crippen LogP contribution in [0.2, 0.25) is 0 Å². The highest BCUT2D eigenvalue weighted by molar-refractivity contribution is 4.77. The van der Waals surface area contributed by atoms with Gasteiger partial charge in [-0.15, -0.1) is 0 Å². The molecule has 0 unspecified atom stereocenters. The van der Waals surface area contributed by atoms with Gasteiger partial charge in [0.2, 0.25) is 0 Å². The molecule has 41 valence electrons. The normalized spacial score (nSPS) is 23.6. The molecule has 0 aromatic carbocycles. The Balaban J connectivity index is 2.14. The summed E-state index contributed by atoms with van der Waals surface area (Å²) in [6, 6.07) is 0. The molecule has 1 N–H and O–H groups in total. The third-order valence-electron chi connectivity index (χ3n) is 1.02. The van der Waals surface area contributed by atoms with Crippen LogP contribution in [-0.2, 0) is 4.74 Å². The summed E-state index contributed by atoms with van der Waals surface area (Å²) >= 11 is 0. The van der Waals surface area contributed by atoms with Crippen LogP contribution in [0.25, 0.3) is 0 Å². The van der Waals surface area contributed by atoms with Crippen LogP contribution in [-0.4, -0.2) is 13.2 Å². The van der Waals surface area contributed by atoms with Crippen molar-refractivity contribution in [3.05, 3.63) is 6.23 Å². The minimum atomic E-state index is 0.850. The Labute approximate surface area is 43.9 Å². The number of hydrogen-bond donors (Lipinski definition) is 1. The van der Waals surface area contributed by atoms with Gasteiger partial charge in [-0.1, -0.05) is 6.92 Å². The molecule has 1 fully saturated rings. The van der Waals surface area contributed by atoms with Crippen molar-refractivity contribution in [1.29, 1.82) is 0 Å². The molecule has 1 aliphatic heterocycles. The first kappa shape index (κ1) is 5.06. The maximum Gasteiger partial charge on any atom is 0.161 e. The molecule has 7 heavy (non-hydrogen) atoms. The fourth-order valence-corrected chi connectivity index (χ4v) is 0.643. The Hall–Kier alpha value is -0.0800. The van der Waals surface area contributed by atoms with E-state index in [0.717, 1.165) is 25.8 Å². The molecule has 1 rings (SSSR count). The van der Waals surface area contributed by atoms with E-state index in [9.17, 15) is 0 Å². The Bertz CT molecular complexity index is 50.0. The highest BCUT2D eigenvalue weighted by atomic mass is 16.5. The molecule has 0 aromatic rings. The molecule has 0 saturated carbocycles. The van der Waals surface area contributed by atoms with Crippen LogP contribution in [0.3, 0.4) is 0 Å². The second-order valence-corrected chi connectivity index (χ2v) is 1.55. The van der Waals surface area contributed by atoms with E-state index in [1.165, 1.54) is 0 Å². The molecular formula is C5H10NO.